The normalized spacial score (nSPS) is 15.6. The number of carbonyl (C=O) groups excluding carboxylic acids is 1. The van der Waals surface area contributed by atoms with Crippen molar-refractivity contribution in [1.82, 2.24) is 4.31 Å². The summed E-state index contributed by atoms with van der Waals surface area (Å²) in [4.78, 5) is 12.6. The molecule has 0 aliphatic carbocycles. The fourth-order valence-corrected chi connectivity index (χ4v) is 5.05. The molecular formula is C18H20N2O5S2. The number of sulfonamides is 1. The Morgan fingerprint density at radius 3 is 2.15 bits per heavy atom. The largest absolute Gasteiger partial charge is 0.322 e. The lowest BCUT2D eigenvalue weighted by Crippen LogP contribution is -2.27. The van der Waals surface area contributed by atoms with E-state index in [1.54, 1.807) is 6.07 Å². The SMILES string of the molecule is CS(=O)(=O)c1cccc(NC(=O)c2ccc(S(=O)(=O)N3CCCC3)cc2)c1. The zero-order valence-corrected chi connectivity index (χ0v) is 16.4. The van der Waals surface area contributed by atoms with Crippen LogP contribution in [0.2, 0.25) is 0 Å². The number of sulfone groups is 1. The molecule has 2 aromatic rings. The van der Waals surface area contributed by atoms with Gasteiger partial charge in [-0.25, -0.2) is 16.8 Å². The van der Waals surface area contributed by atoms with Gasteiger partial charge in [-0.3, -0.25) is 4.79 Å². The second-order valence-electron chi connectivity index (χ2n) is 6.39. The van der Waals surface area contributed by atoms with Crippen molar-refractivity contribution in [3.63, 3.8) is 0 Å². The molecule has 2 aromatic carbocycles. The van der Waals surface area contributed by atoms with Gasteiger partial charge in [0.1, 0.15) is 0 Å². The van der Waals surface area contributed by atoms with E-state index in [1.807, 2.05) is 0 Å². The standard InChI is InChI=1S/C18H20N2O5S2/c1-26(22,23)17-6-4-5-15(13-17)19-18(21)14-7-9-16(10-8-14)27(24,25)20-11-2-3-12-20/h4-10,13H,2-3,11-12H2,1H3,(H,19,21). The molecule has 1 saturated heterocycles. The molecule has 0 atom stereocenters. The number of carbonyl (C=O) groups is 1. The fraction of sp³-hybridized carbons (Fsp3) is 0.278. The molecular weight excluding hydrogens is 388 g/mol. The summed E-state index contributed by atoms with van der Waals surface area (Å²) in [5.41, 5.74) is 0.622. The minimum atomic E-state index is -3.53. The Labute approximate surface area is 159 Å². The molecule has 0 unspecified atom stereocenters. The molecule has 1 fully saturated rings. The number of hydrogen-bond donors (Lipinski definition) is 1. The van der Waals surface area contributed by atoms with E-state index < -0.39 is 25.8 Å². The van der Waals surface area contributed by atoms with Crippen molar-refractivity contribution in [2.75, 3.05) is 24.7 Å². The molecule has 0 radical (unpaired) electrons. The van der Waals surface area contributed by atoms with Gasteiger partial charge in [-0.2, -0.15) is 4.31 Å². The van der Waals surface area contributed by atoms with Gasteiger partial charge in [0, 0.05) is 30.6 Å². The molecule has 7 nitrogen and oxygen atoms in total. The molecule has 0 spiro atoms. The van der Waals surface area contributed by atoms with Crippen molar-refractivity contribution >= 4 is 31.5 Å². The van der Waals surface area contributed by atoms with E-state index in [0.29, 0.717) is 18.8 Å². The lowest BCUT2D eigenvalue weighted by Gasteiger charge is -2.15. The maximum absolute atomic E-state index is 12.5. The molecule has 1 heterocycles. The predicted molar refractivity (Wildman–Crippen MR) is 102 cm³/mol. The van der Waals surface area contributed by atoms with Crippen LogP contribution in [0.3, 0.4) is 0 Å². The Kier molecular flexibility index (Phi) is 5.36. The van der Waals surface area contributed by atoms with Crippen LogP contribution in [0.15, 0.2) is 58.3 Å². The Morgan fingerprint density at radius 1 is 0.926 bits per heavy atom. The summed E-state index contributed by atoms with van der Waals surface area (Å²) in [5, 5.41) is 2.62. The van der Waals surface area contributed by atoms with Crippen molar-refractivity contribution in [1.29, 1.82) is 0 Å². The number of nitrogens with one attached hydrogen (secondary N) is 1. The third-order valence-electron chi connectivity index (χ3n) is 4.34. The van der Waals surface area contributed by atoms with E-state index >= 15 is 0 Å². The molecule has 144 valence electrons. The third-order valence-corrected chi connectivity index (χ3v) is 7.36. The average Bonchev–Trinajstić information content (AvgIpc) is 3.17. The fourth-order valence-electron chi connectivity index (χ4n) is 2.86. The molecule has 0 saturated carbocycles. The van der Waals surface area contributed by atoms with Gasteiger partial charge in [0.05, 0.1) is 9.79 Å². The number of amides is 1. The van der Waals surface area contributed by atoms with E-state index in [-0.39, 0.29) is 15.4 Å². The van der Waals surface area contributed by atoms with Gasteiger partial charge in [-0.05, 0) is 55.3 Å². The molecule has 1 aliphatic heterocycles. The predicted octanol–water partition coefficient (Wildman–Crippen LogP) is 2.13. The van der Waals surface area contributed by atoms with Crippen molar-refractivity contribution in [2.45, 2.75) is 22.6 Å². The maximum atomic E-state index is 12.5. The molecule has 3 rings (SSSR count). The summed E-state index contributed by atoms with van der Waals surface area (Å²) in [6, 6.07) is 11.7. The van der Waals surface area contributed by atoms with Crippen molar-refractivity contribution in [2.24, 2.45) is 0 Å². The van der Waals surface area contributed by atoms with Gasteiger partial charge in [-0.15, -0.1) is 0 Å². The molecule has 1 N–H and O–H groups in total. The number of hydrogen-bond acceptors (Lipinski definition) is 5. The van der Waals surface area contributed by atoms with E-state index in [2.05, 4.69) is 5.32 Å². The molecule has 0 bridgehead atoms. The Balaban J connectivity index is 1.77. The van der Waals surface area contributed by atoms with Crippen LogP contribution in [0.5, 0.6) is 0 Å². The van der Waals surface area contributed by atoms with Crippen molar-refractivity contribution < 1.29 is 21.6 Å². The Bertz CT molecular complexity index is 1060. The molecule has 9 heteroatoms. The highest BCUT2D eigenvalue weighted by Gasteiger charge is 2.27. The highest BCUT2D eigenvalue weighted by atomic mass is 32.2. The van der Waals surface area contributed by atoms with E-state index in [9.17, 15) is 21.6 Å². The van der Waals surface area contributed by atoms with Crippen LogP contribution < -0.4 is 5.32 Å². The monoisotopic (exact) mass is 408 g/mol. The van der Waals surface area contributed by atoms with Crippen LogP contribution in [0.1, 0.15) is 23.2 Å². The zero-order valence-electron chi connectivity index (χ0n) is 14.8. The number of anilines is 1. The topological polar surface area (TPSA) is 101 Å². The van der Waals surface area contributed by atoms with Gasteiger partial charge >= 0.3 is 0 Å². The van der Waals surface area contributed by atoms with Crippen LogP contribution in [-0.4, -0.2) is 46.4 Å². The Morgan fingerprint density at radius 2 is 1.56 bits per heavy atom. The first kappa shape index (κ1) is 19.5. The smallest absolute Gasteiger partial charge is 0.255 e. The third kappa shape index (κ3) is 4.37. The summed E-state index contributed by atoms with van der Waals surface area (Å²) in [7, 11) is -6.91. The minimum Gasteiger partial charge on any atom is -0.322 e. The van der Waals surface area contributed by atoms with Gasteiger partial charge < -0.3 is 5.32 Å². The second kappa shape index (κ2) is 7.41. The maximum Gasteiger partial charge on any atom is 0.255 e. The lowest BCUT2D eigenvalue weighted by atomic mass is 10.2. The molecule has 1 amide bonds. The summed E-state index contributed by atoms with van der Waals surface area (Å²) in [6.07, 6.45) is 2.80. The van der Waals surface area contributed by atoms with Crippen LogP contribution in [0, 0.1) is 0 Å². The zero-order chi connectivity index (χ0) is 19.7. The van der Waals surface area contributed by atoms with Crippen molar-refractivity contribution in [3.8, 4) is 0 Å². The highest BCUT2D eigenvalue weighted by Crippen LogP contribution is 2.22. The molecule has 1 aliphatic rings. The van der Waals surface area contributed by atoms with E-state index in [0.717, 1.165) is 19.1 Å². The van der Waals surface area contributed by atoms with E-state index in [4.69, 9.17) is 0 Å². The van der Waals surface area contributed by atoms with Crippen LogP contribution >= 0.6 is 0 Å². The summed E-state index contributed by atoms with van der Waals surface area (Å²) in [6.45, 7) is 1.03. The molecule has 27 heavy (non-hydrogen) atoms. The van der Waals surface area contributed by atoms with Crippen LogP contribution in [-0.2, 0) is 19.9 Å². The van der Waals surface area contributed by atoms with E-state index in [1.165, 1.54) is 46.8 Å². The highest BCUT2D eigenvalue weighted by molar-refractivity contribution is 7.90. The Hall–Kier alpha value is -2.23. The summed E-state index contributed by atoms with van der Waals surface area (Å²) < 4.78 is 49.7. The van der Waals surface area contributed by atoms with Gasteiger partial charge in [0.2, 0.25) is 10.0 Å². The van der Waals surface area contributed by atoms with Gasteiger partial charge in [0.25, 0.3) is 5.91 Å². The van der Waals surface area contributed by atoms with Gasteiger partial charge in [0.15, 0.2) is 9.84 Å². The first-order valence-electron chi connectivity index (χ1n) is 8.40. The summed E-state index contributed by atoms with van der Waals surface area (Å²) in [5.74, 6) is -0.453. The van der Waals surface area contributed by atoms with Crippen LogP contribution in [0.4, 0.5) is 5.69 Å². The minimum absolute atomic E-state index is 0.104. The number of nitrogens with zero attached hydrogens (tertiary/aromatic N) is 1. The van der Waals surface area contributed by atoms with Gasteiger partial charge in [-0.1, -0.05) is 6.07 Å². The first-order chi connectivity index (χ1) is 12.7. The molecule has 0 aromatic heterocycles. The van der Waals surface area contributed by atoms with Crippen molar-refractivity contribution in [3.05, 3.63) is 54.1 Å². The lowest BCUT2D eigenvalue weighted by molar-refractivity contribution is 0.102. The number of rotatable bonds is 5. The summed E-state index contributed by atoms with van der Waals surface area (Å²) >= 11 is 0. The average molecular weight is 409 g/mol. The second-order valence-corrected chi connectivity index (χ2v) is 10.3. The quantitative estimate of drug-likeness (QED) is 0.817. The van der Waals surface area contributed by atoms with Crippen LogP contribution in [0.25, 0.3) is 0 Å². The number of benzene rings is 2. The first-order valence-corrected chi connectivity index (χ1v) is 11.7.